The second kappa shape index (κ2) is 5.58. The number of rotatable bonds is 3. The topological polar surface area (TPSA) is 60.5 Å². The molecule has 0 spiro atoms. The Morgan fingerprint density at radius 1 is 1.27 bits per heavy atom. The Bertz CT molecular complexity index is 784. The summed E-state index contributed by atoms with van der Waals surface area (Å²) in [5.74, 6) is 1.39. The van der Waals surface area contributed by atoms with Crippen LogP contribution in [0.3, 0.4) is 0 Å². The summed E-state index contributed by atoms with van der Waals surface area (Å²) in [5, 5.41) is 5.41. The van der Waals surface area contributed by atoms with Crippen molar-refractivity contribution in [3.8, 4) is 11.5 Å². The van der Waals surface area contributed by atoms with Crippen LogP contribution < -0.4 is 14.8 Å². The van der Waals surface area contributed by atoms with E-state index in [-0.39, 0.29) is 5.91 Å². The Hall–Kier alpha value is -2.12. The zero-order valence-electron chi connectivity index (χ0n) is 11.5. The third kappa shape index (κ3) is 2.65. The van der Waals surface area contributed by atoms with E-state index in [1.54, 1.807) is 11.3 Å². The van der Waals surface area contributed by atoms with Gasteiger partial charge in [0.2, 0.25) is 5.91 Å². The molecule has 3 heterocycles. The molecule has 0 saturated carbocycles. The van der Waals surface area contributed by atoms with E-state index in [1.807, 2.05) is 29.6 Å². The van der Waals surface area contributed by atoms with Gasteiger partial charge in [0.1, 0.15) is 13.2 Å². The molecule has 0 aliphatic carbocycles. The number of carbonyl (C=O) groups is 1. The molecule has 0 saturated heterocycles. The average Bonchev–Trinajstić information content (AvgIpc) is 3.13. The first-order valence-electron chi connectivity index (χ1n) is 6.80. The van der Waals surface area contributed by atoms with Gasteiger partial charge in [-0.2, -0.15) is 0 Å². The van der Waals surface area contributed by atoms with Crippen LogP contribution in [0.2, 0.25) is 0 Å². The molecule has 0 bridgehead atoms. The van der Waals surface area contributed by atoms with Crippen molar-refractivity contribution in [2.24, 2.45) is 0 Å². The highest BCUT2D eigenvalue weighted by Gasteiger charge is 2.16. The molecule has 22 heavy (non-hydrogen) atoms. The second-order valence-electron chi connectivity index (χ2n) is 4.79. The summed E-state index contributed by atoms with van der Waals surface area (Å²) in [4.78, 5) is 17.5. The van der Waals surface area contributed by atoms with Crippen LogP contribution in [0.1, 0.15) is 4.88 Å². The third-order valence-corrected chi connectivity index (χ3v) is 5.02. The summed E-state index contributed by atoms with van der Waals surface area (Å²) in [5.41, 5.74) is 0.806. The van der Waals surface area contributed by atoms with Gasteiger partial charge in [0.25, 0.3) is 0 Å². The Balaban J connectivity index is 1.56. The molecule has 1 aliphatic heterocycles. The zero-order chi connectivity index (χ0) is 14.9. The SMILES string of the molecule is O=C(Cc1cccs1)Nc1nc2cc3c(cc2s1)OCCO3. The highest BCUT2D eigenvalue weighted by atomic mass is 32.1. The molecule has 0 fully saturated rings. The number of hydrogen-bond acceptors (Lipinski definition) is 6. The summed E-state index contributed by atoms with van der Waals surface area (Å²) < 4.78 is 12.1. The van der Waals surface area contributed by atoms with Crippen LogP contribution in [-0.4, -0.2) is 24.1 Å². The molecule has 7 heteroatoms. The summed E-state index contributed by atoms with van der Waals surface area (Å²) in [6.07, 6.45) is 0.371. The van der Waals surface area contributed by atoms with Crippen LogP contribution in [0.15, 0.2) is 29.6 Å². The molecule has 0 unspecified atom stereocenters. The number of benzene rings is 1. The highest BCUT2D eigenvalue weighted by molar-refractivity contribution is 7.22. The van der Waals surface area contributed by atoms with Crippen molar-refractivity contribution >= 4 is 43.9 Å². The van der Waals surface area contributed by atoms with Crippen LogP contribution in [-0.2, 0) is 11.2 Å². The van der Waals surface area contributed by atoms with Gasteiger partial charge < -0.3 is 14.8 Å². The fourth-order valence-corrected chi connectivity index (χ4v) is 3.85. The summed E-state index contributed by atoms with van der Waals surface area (Å²) in [7, 11) is 0. The van der Waals surface area contributed by atoms with Gasteiger partial charge in [0.15, 0.2) is 16.6 Å². The van der Waals surface area contributed by atoms with Crippen LogP contribution in [0.5, 0.6) is 11.5 Å². The fourth-order valence-electron chi connectivity index (χ4n) is 2.25. The van der Waals surface area contributed by atoms with Gasteiger partial charge in [-0.05, 0) is 11.4 Å². The van der Waals surface area contributed by atoms with Crippen molar-refractivity contribution in [3.63, 3.8) is 0 Å². The lowest BCUT2D eigenvalue weighted by molar-refractivity contribution is -0.115. The molecule has 1 aromatic carbocycles. The van der Waals surface area contributed by atoms with Crippen molar-refractivity contribution in [1.82, 2.24) is 4.98 Å². The van der Waals surface area contributed by atoms with Crippen LogP contribution in [0, 0.1) is 0 Å². The minimum atomic E-state index is -0.0567. The van der Waals surface area contributed by atoms with Crippen molar-refractivity contribution < 1.29 is 14.3 Å². The number of amides is 1. The zero-order valence-corrected chi connectivity index (χ0v) is 13.1. The van der Waals surface area contributed by atoms with Gasteiger partial charge in [0, 0.05) is 17.0 Å². The summed E-state index contributed by atoms with van der Waals surface area (Å²) in [6, 6.07) is 7.66. The number of anilines is 1. The first-order chi connectivity index (χ1) is 10.8. The first kappa shape index (κ1) is 13.5. The maximum absolute atomic E-state index is 12.0. The largest absolute Gasteiger partial charge is 0.486 e. The van der Waals surface area contributed by atoms with E-state index in [0.717, 1.165) is 20.8 Å². The van der Waals surface area contributed by atoms with Gasteiger partial charge in [-0.3, -0.25) is 4.79 Å². The van der Waals surface area contributed by atoms with Crippen LogP contribution in [0.25, 0.3) is 10.2 Å². The monoisotopic (exact) mass is 332 g/mol. The molecule has 112 valence electrons. The summed E-state index contributed by atoms with van der Waals surface area (Å²) >= 11 is 3.01. The van der Waals surface area contributed by atoms with Gasteiger partial charge >= 0.3 is 0 Å². The number of hydrogen-bond donors (Lipinski definition) is 1. The predicted molar refractivity (Wildman–Crippen MR) is 87.3 cm³/mol. The molecular formula is C15H12N2O3S2. The number of thiazole rings is 1. The molecule has 4 rings (SSSR count). The highest BCUT2D eigenvalue weighted by Crippen LogP contribution is 2.37. The summed E-state index contributed by atoms with van der Waals surface area (Å²) in [6.45, 7) is 1.11. The van der Waals surface area contributed by atoms with Crippen LogP contribution >= 0.6 is 22.7 Å². The lowest BCUT2D eigenvalue weighted by Crippen LogP contribution is -2.15. The van der Waals surface area contributed by atoms with Gasteiger partial charge in [-0.15, -0.1) is 11.3 Å². The fraction of sp³-hybridized carbons (Fsp3) is 0.200. The van der Waals surface area contributed by atoms with Gasteiger partial charge in [0.05, 0.1) is 16.6 Å². The normalized spacial score (nSPS) is 13.3. The number of ether oxygens (including phenoxy) is 2. The number of nitrogens with zero attached hydrogens (tertiary/aromatic N) is 1. The number of thiophene rings is 1. The van der Waals surface area contributed by atoms with Gasteiger partial charge in [-0.1, -0.05) is 17.4 Å². The molecule has 1 amide bonds. The molecule has 1 N–H and O–H groups in total. The molecule has 5 nitrogen and oxygen atoms in total. The Labute approximate surface area is 134 Å². The predicted octanol–water partition coefficient (Wildman–Crippen LogP) is 3.31. The van der Waals surface area contributed by atoms with E-state index in [1.165, 1.54) is 11.3 Å². The smallest absolute Gasteiger partial charge is 0.231 e. The van der Waals surface area contributed by atoms with Crippen molar-refractivity contribution in [2.45, 2.75) is 6.42 Å². The van der Waals surface area contributed by atoms with E-state index in [0.29, 0.717) is 30.5 Å². The third-order valence-electron chi connectivity index (χ3n) is 3.21. The lowest BCUT2D eigenvalue weighted by Gasteiger charge is -2.17. The van der Waals surface area contributed by atoms with Gasteiger partial charge in [-0.25, -0.2) is 4.98 Å². The Kier molecular flexibility index (Phi) is 3.44. The first-order valence-corrected chi connectivity index (χ1v) is 8.50. The number of aromatic nitrogens is 1. The standard InChI is InChI=1S/C15H12N2O3S2/c18-14(6-9-2-1-5-21-9)17-15-16-10-7-11-12(8-13(10)22-15)20-4-3-19-11/h1-2,5,7-8H,3-4,6H2,(H,16,17,18). The van der Waals surface area contributed by atoms with Crippen molar-refractivity contribution in [3.05, 3.63) is 34.5 Å². The lowest BCUT2D eigenvalue weighted by atomic mass is 10.3. The molecule has 1 aliphatic rings. The molecule has 3 aromatic rings. The minimum Gasteiger partial charge on any atom is -0.486 e. The number of fused-ring (bicyclic) bond motifs is 2. The molecule has 0 radical (unpaired) electrons. The van der Waals surface area contributed by atoms with Crippen LogP contribution in [0.4, 0.5) is 5.13 Å². The minimum absolute atomic E-state index is 0.0567. The van der Waals surface area contributed by atoms with E-state index < -0.39 is 0 Å². The molecule has 2 aromatic heterocycles. The van der Waals surface area contributed by atoms with Crippen molar-refractivity contribution in [2.75, 3.05) is 18.5 Å². The molecular weight excluding hydrogens is 320 g/mol. The number of nitrogens with one attached hydrogen (secondary N) is 1. The van der Waals surface area contributed by atoms with Crippen molar-refractivity contribution in [1.29, 1.82) is 0 Å². The van der Waals surface area contributed by atoms with E-state index in [4.69, 9.17) is 9.47 Å². The maximum Gasteiger partial charge on any atom is 0.231 e. The quantitative estimate of drug-likeness (QED) is 0.799. The maximum atomic E-state index is 12.0. The molecule has 0 atom stereocenters. The second-order valence-corrected chi connectivity index (χ2v) is 6.85. The number of carbonyl (C=O) groups excluding carboxylic acids is 1. The van der Waals surface area contributed by atoms with E-state index in [9.17, 15) is 4.79 Å². The van der Waals surface area contributed by atoms with E-state index in [2.05, 4.69) is 10.3 Å². The average molecular weight is 332 g/mol. The Morgan fingerprint density at radius 2 is 2.09 bits per heavy atom. The Morgan fingerprint density at radius 3 is 2.86 bits per heavy atom. The van der Waals surface area contributed by atoms with E-state index >= 15 is 0 Å².